The Kier molecular flexibility index (Phi) is 13.7. The first kappa shape index (κ1) is 41.8. The molecule has 1 saturated carbocycles. The maximum Gasteiger partial charge on any atom is 0.511 e. The van der Waals surface area contributed by atoms with Crippen molar-refractivity contribution in [3.63, 3.8) is 0 Å². The minimum absolute atomic E-state index is 0.190. The van der Waals surface area contributed by atoms with E-state index in [0.717, 1.165) is 71.9 Å². The van der Waals surface area contributed by atoms with Gasteiger partial charge in [-0.1, -0.05) is 137 Å². The number of hydrogen-bond donors (Lipinski definition) is 1. The second-order valence-corrected chi connectivity index (χ2v) is 15.5. The molecule has 60 heavy (non-hydrogen) atoms. The van der Waals surface area contributed by atoms with Crippen LogP contribution in [0.4, 0.5) is 4.79 Å². The first-order valence-corrected chi connectivity index (χ1v) is 21.0. The van der Waals surface area contributed by atoms with Gasteiger partial charge in [-0.2, -0.15) is 10.1 Å². The van der Waals surface area contributed by atoms with Crippen LogP contribution < -0.4 is 10.2 Å². The summed E-state index contributed by atoms with van der Waals surface area (Å²) in [4.78, 5) is 36.3. The number of amidine groups is 1. The van der Waals surface area contributed by atoms with E-state index in [9.17, 15) is 9.59 Å². The minimum Gasteiger partial charge on any atom is -0.465 e. The predicted octanol–water partition coefficient (Wildman–Crippen LogP) is 10.3. The van der Waals surface area contributed by atoms with Gasteiger partial charge in [-0.25, -0.2) is 14.6 Å². The molecule has 0 bridgehead atoms. The molecule has 0 aliphatic heterocycles. The molecule has 1 fully saturated rings. The largest absolute Gasteiger partial charge is 0.511 e. The Balaban J connectivity index is 1.15. The molecule has 11 nitrogen and oxygen atoms in total. The maximum atomic E-state index is 13.7. The van der Waals surface area contributed by atoms with Crippen molar-refractivity contribution >= 4 is 45.0 Å². The first-order chi connectivity index (χ1) is 29.3. The maximum absolute atomic E-state index is 13.7. The van der Waals surface area contributed by atoms with Crippen molar-refractivity contribution in [1.82, 2.24) is 15.0 Å². The topological polar surface area (TPSA) is 126 Å². The van der Waals surface area contributed by atoms with Crippen LogP contribution in [0, 0.1) is 0 Å². The van der Waals surface area contributed by atoms with Crippen LogP contribution in [-0.2, 0) is 26.0 Å². The summed E-state index contributed by atoms with van der Waals surface area (Å²) in [6.45, 7) is 7.83. The number of ether oxygens (including phenoxy) is 4. The molecular formula is C48H50N5O6P. The third-order valence-electron chi connectivity index (χ3n) is 10.5. The van der Waals surface area contributed by atoms with Gasteiger partial charge in [0.25, 0.3) is 6.01 Å². The van der Waals surface area contributed by atoms with Crippen molar-refractivity contribution in [1.29, 1.82) is 0 Å². The Bertz CT molecular complexity index is 2390. The van der Waals surface area contributed by atoms with Gasteiger partial charge in [-0.05, 0) is 72.6 Å². The second-order valence-electron chi connectivity index (χ2n) is 14.6. The van der Waals surface area contributed by atoms with Gasteiger partial charge in [0, 0.05) is 19.2 Å². The Morgan fingerprint density at radius 3 is 2.12 bits per heavy atom. The van der Waals surface area contributed by atoms with E-state index in [-0.39, 0.29) is 11.7 Å². The summed E-state index contributed by atoms with van der Waals surface area (Å²) in [5.74, 6) is -0.116. The van der Waals surface area contributed by atoms with Gasteiger partial charge < -0.3 is 18.9 Å². The Hall–Kier alpha value is -6.32. The number of hydrogen-bond acceptors (Lipinski definition) is 9. The van der Waals surface area contributed by atoms with E-state index < -0.39 is 23.7 Å². The number of imidazole rings is 1. The van der Waals surface area contributed by atoms with Crippen LogP contribution in [0.1, 0.15) is 85.0 Å². The summed E-state index contributed by atoms with van der Waals surface area (Å²) in [5.41, 5.74) is 10.1. The average molecular weight is 824 g/mol. The summed E-state index contributed by atoms with van der Waals surface area (Å²) in [5, 5.41) is 3.25. The molecule has 1 aliphatic carbocycles. The van der Waals surface area contributed by atoms with Gasteiger partial charge in [-0.3, -0.25) is 9.99 Å². The summed E-state index contributed by atoms with van der Waals surface area (Å²) in [6, 6.07) is 42.0. The van der Waals surface area contributed by atoms with Gasteiger partial charge in [-0.15, -0.1) is 0 Å². The molecule has 0 radical (unpaired) electrons. The molecule has 1 aliphatic rings. The van der Waals surface area contributed by atoms with Crippen molar-refractivity contribution in [2.45, 2.75) is 76.6 Å². The lowest BCUT2D eigenvalue weighted by molar-refractivity contribution is -0.0900. The highest BCUT2D eigenvalue weighted by Gasteiger charge is 2.30. The number of hydrazone groups is 1. The van der Waals surface area contributed by atoms with Gasteiger partial charge in [0.2, 0.25) is 6.29 Å². The fourth-order valence-corrected chi connectivity index (χ4v) is 8.12. The molecule has 1 N–H and O–H groups in total. The van der Waals surface area contributed by atoms with E-state index in [0.29, 0.717) is 36.0 Å². The van der Waals surface area contributed by atoms with Crippen molar-refractivity contribution < 1.29 is 28.5 Å². The average Bonchev–Trinajstić information content (AvgIpc) is 3.40. The molecule has 6 aromatic rings. The van der Waals surface area contributed by atoms with E-state index in [2.05, 4.69) is 68.9 Å². The number of nitrogens with one attached hydrogen (secondary N) is 1. The molecule has 0 saturated heterocycles. The summed E-state index contributed by atoms with van der Waals surface area (Å²) >= 11 is 0. The van der Waals surface area contributed by atoms with Crippen molar-refractivity contribution in [3.8, 4) is 17.1 Å². The zero-order chi connectivity index (χ0) is 41.9. The molecule has 1 heterocycles. The van der Waals surface area contributed by atoms with Crippen LogP contribution in [0.3, 0.4) is 0 Å². The molecule has 2 atom stereocenters. The lowest BCUT2D eigenvalue weighted by Gasteiger charge is -2.28. The van der Waals surface area contributed by atoms with E-state index in [1.807, 2.05) is 84.3 Å². The Morgan fingerprint density at radius 1 is 0.833 bits per heavy atom. The number of rotatable bonds is 14. The van der Waals surface area contributed by atoms with Crippen molar-refractivity contribution in [3.05, 3.63) is 155 Å². The smallest absolute Gasteiger partial charge is 0.465 e. The number of carbonyl (C=O) groups excluding carboxylic acids is 2. The molecule has 308 valence electrons. The van der Waals surface area contributed by atoms with E-state index in [1.54, 1.807) is 12.1 Å². The third kappa shape index (κ3) is 9.75. The minimum atomic E-state index is -1.17. The number of para-hydroxylation sites is 1. The van der Waals surface area contributed by atoms with Crippen LogP contribution in [0.15, 0.2) is 137 Å². The number of aliphatic imine (C=N–C) groups is 1. The Morgan fingerprint density at radius 2 is 1.47 bits per heavy atom. The van der Waals surface area contributed by atoms with E-state index >= 15 is 0 Å². The SMILES string of the molecule is C=NN/C(=N/C(P)(c1ccccc1)c1ccccc1)c1ccccc1-c1ccc(Cn2c(OCC)nc3cccc(C(=O)OC(C)OC(=O)OC4CCCCCC4)c32)cc1. The molecule has 0 amide bonds. The number of aromatic nitrogens is 2. The lowest BCUT2D eigenvalue weighted by atomic mass is 9.96. The normalized spacial score (nSPS) is 14.2. The zero-order valence-corrected chi connectivity index (χ0v) is 35.1. The number of esters is 1. The molecule has 2 unspecified atom stereocenters. The highest BCUT2D eigenvalue weighted by molar-refractivity contribution is 7.19. The predicted molar refractivity (Wildman–Crippen MR) is 238 cm³/mol. The second kappa shape index (κ2) is 19.6. The summed E-state index contributed by atoms with van der Waals surface area (Å²) in [7, 11) is 2.95. The van der Waals surface area contributed by atoms with Crippen LogP contribution in [0.25, 0.3) is 22.2 Å². The molecule has 5 aromatic carbocycles. The number of benzene rings is 5. The first-order valence-electron chi connectivity index (χ1n) is 20.4. The quantitative estimate of drug-likeness (QED) is 0.0219. The highest BCUT2D eigenvalue weighted by Crippen LogP contribution is 2.41. The van der Waals surface area contributed by atoms with Gasteiger partial charge in [0.1, 0.15) is 11.4 Å². The van der Waals surface area contributed by atoms with Crippen molar-refractivity contribution in [2.24, 2.45) is 10.1 Å². The Labute approximate surface area is 353 Å². The fraction of sp³-hybridized carbons (Fsp3) is 0.271. The molecular weight excluding hydrogens is 774 g/mol. The third-order valence-corrected chi connectivity index (χ3v) is 11.3. The number of carbonyl (C=O) groups is 2. The molecule has 12 heteroatoms. The molecule has 7 rings (SSSR count). The lowest BCUT2D eigenvalue weighted by Crippen LogP contribution is -2.26. The fourth-order valence-electron chi connectivity index (χ4n) is 7.60. The van der Waals surface area contributed by atoms with E-state index in [4.69, 9.17) is 28.9 Å². The van der Waals surface area contributed by atoms with Crippen LogP contribution >= 0.6 is 9.24 Å². The highest BCUT2D eigenvalue weighted by atomic mass is 31.0. The van der Waals surface area contributed by atoms with Crippen LogP contribution in [0.5, 0.6) is 6.01 Å². The van der Waals surface area contributed by atoms with Gasteiger partial charge >= 0.3 is 12.1 Å². The molecule has 1 aromatic heterocycles. The standard InChI is InChI=1S/C48H50N5O6P/c1-4-56-46-50-42-27-17-26-41(45(54)57-33(2)58-47(55)59-38-22-13-5-6-14-23-38)43(42)53(46)32-34-28-30-35(31-29-34)39-24-15-16-25-40(39)44(52-49-3)51-48(60,36-18-9-7-10-19-36)37-20-11-8-12-21-37/h7-12,15-21,24-31,33,38H,3-6,13-14,22-23,32,60H2,1-2H3,(H,51,52). The monoisotopic (exact) mass is 823 g/mol. The van der Waals surface area contributed by atoms with Crippen LogP contribution in [-0.4, -0.2) is 53.2 Å². The molecule has 0 spiro atoms. The van der Waals surface area contributed by atoms with E-state index in [1.165, 1.54) is 6.92 Å². The van der Waals surface area contributed by atoms with Gasteiger partial charge in [0.05, 0.1) is 29.7 Å². The summed E-state index contributed by atoms with van der Waals surface area (Å²) in [6.07, 6.45) is 3.68. The van der Waals surface area contributed by atoms with Crippen LogP contribution in [0.2, 0.25) is 0 Å². The zero-order valence-electron chi connectivity index (χ0n) is 34.0. The number of nitrogens with zero attached hydrogens (tertiary/aromatic N) is 4. The van der Waals surface area contributed by atoms with Gasteiger partial charge in [0.15, 0.2) is 5.84 Å². The summed E-state index contributed by atoms with van der Waals surface area (Å²) < 4.78 is 24.3. The number of fused-ring (bicyclic) bond motifs is 1. The van der Waals surface area contributed by atoms with Crippen molar-refractivity contribution in [2.75, 3.05) is 6.61 Å².